The van der Waals surface area contributed by atoms with E-state index >= 15 is 0 Å². The normalized spacial score (nSPS) is 16.4. The molecule has 1 aliphatic rings. The van der Waals surface area contributed by atoms with Gasteiger partial charge in [0.15, 0.2) is 5.96 Å². The Morgan fingerprint density at radius 3 is 2.77 bits per heavy atom. The zero-order chi connectivity index (χ0) is 20.3. The number of guanidine groups is 1. The van der Waals surface area contributed by atoms with Gasteiger partial charge >= 0.3 is 0 Å². The topological polar surface area (TPSA) is 59.2 Å². The number of nitrogens with zero attached hydrogens (tertiary/aromatic N) is 2. The average molecular weight is 527 g/mol. The van der Waals surface area contributed by atoms with E-state index in [4.69, 9.17) is 18.9 Å². The first-order valence-corrected chi connectivity index (χ1v) is 10.5. The van der Waals surface area contributed by atoms with Crippen molar-refractivity contribution in [2.45, 2.75) is 26.2 Å². The molecular weight excluding hydrogens is 493 g/mol. The highest BCUT2D eigenvalue weighted by Gasteiger charge is 2.25. The van der Waals surface area contributed by atoms with Crippen molar-refractivity contribution in [3.05, 3.63) is 54.0 Å². The number of halogens is 1. The van der Waals surface area contributed by atoms with Gasteiger partial charge in [-0.1, -0.05) is 12.1 Å². The second kappa shape index (κ2) is 13.5. The van der Waals surface area contributed by atoms with Crippen molar-refractivity contribution in [2.75, 3.05) is 46.5 Å². The third-order valence-corrected chi connectivity index (χ3v) is 5.20. The van der Waals surface area contributed by atoms with E-state index in [1.54, 1.807) is 13.4 Å². The molecule has 0 spiro atoms. The van der Waals surface area contributed by atoms with Gasteiger partial charge in [-0.15, -0.1) is 24.0 Å². The minimum atomic E-state index is 0. The van der Waals surface area contributed by atoms with Crippen LogP contribution in [0.3, 0.4) is 0 Å². The third-order valence-electron chi connectivity index (χ3n) is 5.20. The molecule has 0 amide bonds. The van der Waals surface area contributed by atoms with Crippen LogP contribution < -0.4 is 10.1 Å². The molecule has 3 rings (SSSR count). The Kier molecular flexibility index (Phi) is 11.1. The van der Waals surface area contributed by atoms with Crippen LogP contribution in [0, 0.1) is 5.92 Å². The van der Waals surface area contributed by atoms with E-state index in [1.165, 1.54) is 5.56 Å². The van der Waals surface area contributed by atoms with E-state index in [2.05, 4.69) is 29.3 Å². The summed E-state index contributed by atoms with van der Waals surface area (Å²) in [4.78, 5) is 7.23. The van der Waals surface area contributed by atoms with Crippen molar-refractivity contribution in [3.63, 3.8) is 0 Å². The second-order valence-electron chi connectivity index (χ2n) is 7.32. The lowest BCUT2D eigenvalue weighted by atomic mass is 10.1. The molecule has 2 aromatic rings. The minimum Gasteiger partial charge on any atom is -0.497 e. The van der Waals surface area contributed by atoms with Gasteiger partial charge in [-0.05, 0) is 49.6 Å². The Balaban J connectivity index is 0.00000320. The molecule has 1 atom stereocenters. The van der Waals surface area contributed by atoms with Crippen molar-refractivity contribution < 1.29 is 13.9 Å². The first-order valence-electron chi connectivity index (χ1n) is 10.5. The number of hydrogen-bond acceptors (Lipinski definition) is 4. The number of rotatable bonds is 10. The van der Waals surface area contributed by atoms with Gasteiger partial charge in [0.25, 0.3) is 0 Å². The molecule has 1 N–H and O–H groups in total. The summed E-state index contributed by atoms with van der Waals surface area (Å²) in [5.41, 5.74) is 1.28. The fourth-order valence-corrected chi connectivity index (χ4v) is 3.55. The Hall–Kier alpha value is -1.74. The van der Waals surface area contributed by atoms with E-state index in [9.17, 15) is 0 Å². The first-order chi connectivity index (χ1) is 14.3. The van der Waals surface area contributed by atoms with Crippen LogP contribution in [-0.2, 0) is 17.6 Å². The zero-order valence-electron chi connectivity index (χ0n) is 18.0. The summed E-state index contributed by atoms with van der Waals surface area (Å²) in [5.74, 6) is 3.43. The van der Waals surface area contributed by atoms with Crippen molar-refractivity contribution in [1.29, 1.82) is 0 Å². The van der Waals surface area contributed by atoms with Crippen LogP contribution in [0.25, 0.3) is 0 Å². The Labute approximate surface area is 197 Å². The molecule has 7 heteroatoms. The van der Waals surface area contributed by atoms with Crippen LogP contribution in [0.1, 0.15) is 24.7 Å². The third kappa shape index (κ3) is 7.83. The monoisotopic (exact) mass is 527 g/mol. The van der Waals surface area contributed by atoms with Crippen LogP contribution >= 0.6 is 24.0 Å². The molecule has 1 aromatic carbocycles. The van der Waals surface area contributed by atoms with Crippen molar-refractivity contribution in [1.82, 2.24) is 10.2 Å². The maximum absolute atomic E-state index is 5.62. The quantitative estimate of drug-likeness (QED) is 0.288. The van der Waals surface area contributed by atoms with Gasteiger partial charge in [0.1, 0.15) is 11.5 Å². The molecule has 1 aromatic heterocycles. The number of likely N-dealkylation sites (tertiary alicyclic amines) is 1. The molecule has 30 heavy (non-hydrogen) atoms. The minimum absolute atomic E-state index is 0. The largest absolute Gasteiger partial charge is 0.497 e. The van der Waals surface area contributed by atoms with E-state index in [0.29, 0.717) is 12.5 Å². The fraction of sp³-hybridized carbons (Fsp3) is 0.522. The number of ether oxygens (including phenoxy) is 2. The lowest BCUT2D eigenvalue weighted by molar-refractivity contribution is 0.114. The Bertz CT molecular complexity index is 735. The van der Waals surface area contributed by atoms with E-state index in [-0.39, 0.29) is 24.0 Å². The molecule has 1 unspecified atom stereocenters. The Morgan fingerprint density at radius 1 is 1.23 bits per heavy atom. The van der Waals surface area contributed by atoms with Crippen molar-refractivity contribution in [3.8, 4) is 5.75 Å². The summed E-state index contributed by atoms with van der Waals surface area (Å²) in [5, 5.41) is 3.57. The molecule has 6 nitrogen and oxygen atoms in total. The summed E-state index contributed by atoms with van der Waals surface area (Å²) in [6.45, 7) is 7.24. The predicted molar refractivity (Wildman–Crippen MR) is 131 cm³/mol. The molecule has 0 radical (unpaired) electrons. The predicted octanol–water partition coefficient (Wildman–Crippen LogP) is 4.00. The molecule has 0 saturated carbocycles. The lowest BCUT2D eigenvalue weighted by Crippen LogP contribution is -2.41. The van der Waals surface area contributed by atoms with Crippen LogP contribution in [0.15, 0.2) is 52.1 Å². The zero-order valence-corrected chi connectivity index (χ0v) is 20.3. The highest BCUT2D eigenvalue weighted by molar-refractivity contribution is 14.0. The molecule has 166 valence electrons. The molecule has 1 fully saturated rings. The average Bonchev–Trinajstić information content (AvgIpc) is 3.44. The second-order valence-corrected chi connectivity index (χ2v) is 7.32. The number of furan rings is 1. The standard InChI is InChI=1S/C23H33N3O3.HI/c1-3-28-18-20-12-15-26(17-20)23(25-14-11-22-5-4-16-29-22)24-13-10-19-6-8-21(27-2)9-7-19;/h4-9,16,20H,3,10-15,17-18H2,1-2H3,(H,24,25);1H. The van der Waals surface area contributed by atoms with Crippen molar-refractivity contribution in [2.24, 2.45) is 10.9 Å². The van der Waals surface area contributed by atoms with Gasteiger partial charge in [0, 0.05) is 45.1 Å². The fourth-order valence-electron chi connectivity index (χ4n) is 3.55. The molecule has 1 saturated heterocycles. The first kappa shape index (κ1) is 24.5. The number of methoxy groups -OCH3 is 1. The van der Waals surface area contributed by atoms with Gasteiger partial charge in [-0.3, -0.25) is 4.99 Å². The molecule has 2 heterocycles. The van der Waals surface area contributed by atoms with Crippen molar-refractivity contribution >= 4 is 29.9 Å². The van der Waals surface area contributed by atoms with Crippen LogP contribution in [-0.4, -0.2) is 57.4 Å². The number of hydrogen-bond donors (Lipinski definition) is 1. The molecular formula is C23H34IN3O3. The maximum Gasteiger partial charge on any atom is 0.193 e. The Morgan fingerprint density at radius 2 is 2.07 bits per heavy atom. The highest BCUT2D eigenvalue weighted by atomic mass is 127. The smallest absolute Gasteiger partial charge is 0.193 e. The maximum atomic E-state index is 5.62. The number of benzene rings is 1. The van der Waals surface area contributed by atoms with E-state index in [1.807, 2.05) is 24.3 Å². The van der Waals surface area contributed by atoms with Crippen LogP contribution in [0.5, 0.6) is 5.75 Å². The van der Waals surface area contributed by atoms with Crippen LogP contribution in [0.2, 0.25) is 0 Å². The summed E-state index contributed by atoms with van der Waals surface area (Å²) >= 11 is 0. The molecule has 1 aliphatic heterocycles. The SMILES string of the molecule is CCOCC1CCN(C(=NCCc2ccco2)NCCc2ccc(OC)cc2)C1.I. The van der Waals surface area contributed by atoms with Crippen LogP contribution in [0.4, 0.5) is 0 Å². The van der Waals surface area contributed by atoms with Gasteiger partial charge < -0.3 is 24.1 Å². The molecule has 0 bridgehead atoms. The number of aliphatic imine (C=N–C) groups is 1. The van der Waals surface area contributed by atoms with Gasteiger partial charge in [0.05, 0.1) is 20.0 Å². The van der Waals surface area contributed by atoms with Gasteiger partial charge in [-0.2, -0.15) is 0 Å². The molecule has 0 aliphatic carbocycles. The number of nitrogens with one attached hydrogen (secondary N) is 1. The van der Waals surface area contributed by atoms with E-state index < -0.39 is 0 Å². The summed E-state index contributed by atoms with van der Waals surface area (Å²) in [7, 11) is 1.69. The van der Waals surface area contributed by atoms with Gasteiger partial charge in [0.2, 0.25) is 0 Å². The van der Waals surface area contributed by atoms with Gasteiger partial charge in [-0.25, -0.2) is 0 Å². The highest BCUT2D eigenvalue weighted by Crippen LogP contribution is 2.17. The summed E-state index contributed by atoms with van der Waals surface area (Å²) in [6, 6.07) is 12.2. The lowest BCUT2D eigenvalue weighted by Gasteiger charge is -2.22. The summed E-state index contributed by atoms with van der Waals surface area (Å²) < 4.78 is 16.3. The van der Waals surface area contributed by atoms with E-state index in [0.717, 1.165) is 69.6 Å². The summed E-state index contributed by atoms with van der Waals surface area (Å²) in [6.07, 6.45) is 4.62.